The Morgan fingerprint density at radius 1 is 1.18 bits per heavy atom. The average Bonchev–Trinajstić information content (AvgIpc) is 2.38. The molecular weight excluding hydrogens is 210 g/mol. The van der Waals surface area contributed by atoms with E-state index in [1.54, 1.807) is 6.21 Å². The average molecular weight is 233 g/mol. The smallest absolute Gasteiger partial charge is 0.117 e. The minimum absolute atomic E-state index is 0.726. The first-order valence-electron chi connectivity index (χ1n) is 6.61. The van der Waals surface area contributed by atoms with Gasteiger partial charge in [0.15, 0.2) is 0 Å². The second kappa shape index (κ2) is 8.80. The zero-order valence-electron chi connectivity index (χ0n) is 11.0. The molecule has 0 amide bonds. The normalized spacial score (nSPS) is 10.9. The Morgan fingerprint density at radius 2 is 2.06 bits per heavy atom. The summed E-state index contributed by atoms with van der Waals surface area (Å²) in [5, 5.41) is 3.99. The first kappa shape index (κ1) is 13.8. The van der Waals surface area contributed by atoms with Crippen LogP contribution in [0.3, 0.4) is 0 Å². The van der Waals surface area contributed by atoms with Crippen LogP contribution < -0.4 is 0 Å². The van der Waals surface area contributed by atoms with Crippen LogP contribution in [0.2, 0.25) is 0 Å². The van der Waals surface area contributed by atoms with E-state index in [2.05, 4.69) is 37.2 Å². The highest BCUT2D eigenvalue weighted by molar-refractivity contribution is 5.79. The van der Waals surface area contributed by atoms with Gasteiger partial charge in [-0.25, -0.2) is 0 Å². The van der Waals surface area contributed by atoms with E-state index in [-0.39, 0.29) is 0 Å². The van der Waals surface area contributed by atoms with Gasteiger partial charge in [-0.3, -0.25) is 0 Å². The Hall–Kier alpha value is -1.31. The Labute approximate surface area is 105 Å². The number of nitrogens with zero attached hydrogens (tertiary/aromatic N) is 1. The Bertz CT molecular complexity index is 333. The van der Waals surface area contributed by atoms with Crippen LogP contribution >= 0.6 is 0 Å². The van der Waals surface area contributed by atoms with Gasteiger partial charge in [0.05, 0.1) is 6.21 Å². The van der Waals surface area contributed by atoms with Crippen molar-refractivity contribution in [3.05, 3.63) is 35.4 Å². The van der Waals surface area contributed by atoms with Gasteiger partial charge in [-0.05, 0) is 30.4 Å². The van der Waals surface area contributed by atoms with E-state index in [4.69, 9.17) is 4.84 Å². The molecule has 0 heterocycles. The van der Waals surface area contributed by atoms with E-state index in [9.17, 15) is 0 Å². The molecule has 0 N–H and O–H groups in total. The maximum absolute atomic E-state index is 5.23. The maximum Gasteiger partial charge on any atom is 0.117 e. The minimum atomic E-state index is 0.726. The molecule has 0 bridgehead atoms. The Morgan fingerprint density at radius 3 is 2.82 bits per heavy atom. The van der Waals surface area contributed by atoms with E-state index in [1.807, 2.05) is 6.07 Å². The highest BCUT2D eigenvalue weighted by atomic mass is 16.6. The molecule has 0 atom stereocenters. The molecule has 1 rings (SSSR count). The molecule has 0 aliphatic carbocycles. The number of hydrogen-bond donors (Lipinski definition) is 0. The number of oxime groups is 1. The lowest BCUT2D eigenvalue weighted by Gasteiger charge is -1.99. The van der Waals surface area contributed by atoms with Crippen molar-refractivity contribution in [2.24, 2.45) is 5.16 Å². The topological polar surface area (TPSA) is 21.6 Å². The summed E-state index contributed by atoms with van der Waals surface area (Å²) in [6.07, 6.45) is 7.72. The molecule has 0 spiro atoms. The number of hydrogen-bond acceptors (Lipinski definition) is 2. The summed E-state index contributed by atoms with van der Waals surface area (Å²) in [5.74, 6) is 0. The van der Waals surface area contributed by atoms with Crippen molar-refractivity contribution in [1.29, 1.82) is 0 Å². The lowest BCUT2D eigenvalue weighted by molar-refractivity contribution is 0.141. The van der Waals surface area contributed by atoms with Gasteiger partial charge in [0, 0.05) is 0 Å². The van der Waals surface area contributed by atoms with Crippen LogP contribution in [0.4, 0.5) is 0 Å². The number of benzene rings is 1. The van der Waals surface area contributed by atoms with Crippen LogP contribution in [-0.2, 0) is 11.3 Å². The van der Waals surface area contributed by atoms with E-state index >= 15 is 0 Å². The van der Waals surface area contributed by atoms with Crippen LogP contribution in [0.25, 0.3) is 0 Å². The molecule has 94 valence electrons. The number of aryl methyl sites for hydroxylation is 1. The standard InChI is InChI=1S/C15H23NO/c1-3-5-6-7-11-17-16-13-15-10-8-9-14(4-2)12-15/h8-10,12-13H,3-7,11H2,1-2H3. The van der Waals surface area contributed by atoms with Gasteiger partial charge in [0.2, 0.25) is 0 Å². The molecule has 0 aliphatic rings. The third-order valence-electron chi connectivity index (χ3n) is 2.72. The summed E-state index contributed by atoms with van der Waals surface area (Å²) in [5.41, 5.74) is 2.44. The fourth-order valence-electron chi connectivity index (χ4n) is 1.64. The molecule has 0 radical (unpaired) electrons. The monoisotopic (exact) mass is 233 g/mol. The number of unbranched alkanes of at least 4 members (excludes halogenated alkanes) is 3. The maximum atomic E-state index is 5.23. The summed E-state index contributed by atoms with van der Waals surface area (Å²) in [6, 6.07) is 8.37. The first-order chi connectivity index (χ1) is 8.36. The Balaban J connectivity index is 2.23. The fraction of sp³-hybridized carbons (Fsp3) is 0.533. The van der Waals surface area contributed by atoms with Crippen molar-refractivity contribution in [3.63, 3.8) is 0 Å². The molecule has 2 heteroatoms. The fourth-order valence-corrected chi connectivity index (χ4v) is 1.64. The van der Waals surface area contributed by atoms with Gasteiger partial charge in [-0.15, -0.1) is 0 Å². The summed E-state index contributed by atoms with van der Waals surface area (Å²) >= 11 is 0. The summed E-state index contributed by atoms with van der Waals surface area (Å²) < 4.78 is 0. The van der Waals surface area contributed by atoms with Gasteiger partial charge in [0.25, 0.3) is 0 Å². The van der Waals surface area contributed by atoms with Crippen molar-refractivity contribution >= 4 is 6.21 Å². The molecule has 0 unspecified atom stereocenters. The molecule has 0 saturated heterocycles. The summed E-state index contributed by atoms with van der Waals surface area (Å²) in [6.45, 7) is 5.09. The molecule has 0 fully saturated rings. The van der Waals surface area contributed by atoms with Crippen molar-refractivity contribution in [2.45, 2.75) is 46.0 Å². The predicted molar refractivity (Wildman–Crippen MR) is 73.5 cm³/mol. The van der Waals surface area contributed by atoms with E-state index in [0.717, 1.165) is 25.0 Å². The van der Waals surface area contributed by atoms with Crippen molar-refractivity contribution in [1.82, 2.24) is 0 Å². The highest BCUT2D eigenvalue weighted by Gasteiger charge is 1.91. The van der Waals surface area contributed by atoms with E-state index < -0.39 is 0 Å². The molecule has 1 aromatic carbocycles. The second-order valence-corrected chi connectivity index (χ2v) is 4.23. The van der Waals surface area contributed by atoms with Gasteiger partial charge >= 0.3 is 0 Å². The molecule has 2 nitrogen and oxygen atoms in total. The summed E-state index contributed by atoms with van der Waals surface area (Å²) in [7, 11) is 0. The lowest BCUT2D eigenvalue weighted by Crippen LogP contribution is -1.90. The van der Waals surface area contributed by atoms with Crippen molar-refractivity contribution < 1.29 is 4.84 Å². The van der Waals surface area contributed by atoms with Crippen LogP contribution in [0.5, 0.6) is 0 Å². The quantitative estimate of drug-likeness (QED) is 0.375. The third kappa shape index (κ3) is 6.10. The molecule has 0 aliphatic heterocycles. The molecule has 17 heavy (non-hydrogen) atoms. The van der Waals surface area contributed by atoms with Crippen LogP contribution in [0.15, 0.2) is 29.4 Å². The summed E-state index contributed by atoms with van der Waals surface area (Å²) in [4.78, 5) is 5.23. The zero-order chi connectivity index (χ0) is 12.3. The van der Waals surface area contributed by atoms with Gasteiger partial charge in [-0.1, -0.05) is 56.1 Å². The predicted octanol–water partition coefficient (Wildman–Crippen LogP) is 4.18. The zero-order valence-corrected chi connectivity index (χ0v) is 11.0. The molecule has 1 aromatic rings. The molecular formula is C15H23NO. The van der Waals surface area contributed by atoms with E-state index in [1.165, 1.54) is 24.8 Å². The highest BCUT2D eigenvalue weighted by Crippen LogP contribution is 2.04. The van der Waals surface area contributed by atoms with Crippen LogP contribution in [-0.4, -0.2) is 12.8 Å². The van der Waals surface area contributed by atoms with Gasteiger partial charge in [0.1, 0.15) is 6.61 Å². The van der Waals surface area contributed by atoms with Gasteiger partial charge in [-0.2, -0.15) is 0 Å². The molecule has 0 saturated carbocycles. The lowest BCUT2D eigenvalue weighted by atomic mass is 10.1. The first-order valence-corrected chi connectivity index (χ1v) is 6.61. The largest absolute Gasteiger partial charge is 0.396 e. The van der Waals surface area contributed by atoms with E-state index in [0.29, 0.717) is 0 Å². The van der Waals surface area contributed by atoms with Crippen LogP contribution in [0, 0.1) is 0 Å². The van der Waals surface area contributed by atoms with Gasteiger partial charge < -0.3 is 4.84 Å². The minimum Gasteiger partial charge on any atom is -0.396 e. The molecule has 0 aromatic heterocycles. The number of rotatable bonds is 8. The van der Waals surface area contributed by atoms with Crippen molar-refractivity contribution in [3.8, 4) is 0 Å². The van der Waals surface area contributed by atoms with Crippen LogP contribution in [0.1, 0.15) is 50.7 Å². The third-order valence-corrected chi connectivity index (χ3v) is 2.72. The Kier molecular flexibility index (Phi) is 7.12. The van der Waals surface area contributed by atoms with Crippen molar-refractivity contribution in [2.75, 3.05) is 6.61 Å². The SMILES string of the molecule is CCCCCCON=Cc1cccc(CC)c1. The second-order valence-electron chi connectivity index (χ2n) is 4.23.